The van der Waals surface area contributed by atoms with Crippen molar-refractivity contribution in [2.24, 2.45) is 5.73 Å². The molecule has 3 N–H and O–H groups in total. The second-order valence-electron chi connectivity index (χ2n) is 3.49. The van der Waals surface area contributed by atoms with Gasteiger partial charge in [0.1, 0.15) is 0 Å². The molecule has 0 saturated heterocycles. The molecular weight excluding hydrogens is 262 g/mol. The van der Waals surface area contributed by atoms with Crippen molar-refractivity contribution in [2.45, 2.75) is 19.1 Å². The minimum Gasteiger partial charge on any atom is -0.454 e. The van der Waals surface area contributed by atoms with Crippen LogP contribution in [0.4, 0.5) is 0 Å². The van der Waals surface area contributed by atoms with E-state index in [0.29, 0.717) is 11.5 Å². The molecule has 1 aromatic rings. The molecule has 2 rings (SSSR count). The Hall–Kier alpha value is -0.780. The summed E-state index contributed by atoms with van der Waals surface area (Å²) in [6, 6.07) is 3.16. The summed E-state index contributed by atoms with van der Waals surface area (Å²) in [5.41, 5.74) is 6.67. The van der Waals surface area contributed by atoms with Crippen LogP contribution in [0.15, 0.2) is 16.6 Å². The van der Waals surface area contributed by atoms with Crippen LogP contribution in [-0.4, -0.2) is 18.0 Å². The molecule has 5 heteroatoms. The Morgan fingerprint density at radius 3 is 2.60 bits per heavy atom. The molecule has 0 bridgehead atoms. The fourth-order valence-electron chi connectivity index (χ4n) is 1.45. The van der Waals surface area contributed by atoms with Gasteiger partial charge in [-0.25, -0.2) is 0 Å². The predicted molar refractivity (Wildman–Crippen MR) is 58.9 cm³/mol. The van der Waals surface area contributed by atoms with Gasteiger partial charge in [0.05, 0.1) is 12.1 Å². The number of ether oxygens (including phenoxy) is 2. The highest BCUT2D eigenvalue weighted by molar-refractivity contribution is 9.10. The first-order valence-corrected chi connectivity index (χ1v) is 5.41. The monoisotopic (exact) mass is 273 g/mol. The molecule has 0 spiro atoms. The zero-order valence-electron chi connectivity index (χ0n) is 8.24. The van der Waals surface area contributed by atoms with Gasteiger partial charge in [0, 0.05) is 4.47 Å². The van der Waals surface area contributed by atoms with Crippen molar-refractivity contribution in [3.63, 3.8) is 0 Å². The van der Waals surface area contributed by atoms with E-state index in [9.17, 15) is 5.11 Å². The van der Waals surface area contributed by atoms with Crippen molar-refractivity contribution >= 4 is 15.9 Å². The van der Waals surface area contributed by atoms with Gasteiger partial charge < -0.3 is 20.3 Å². The Balaban J connectivity index is 2.40. The first-order chi connectivity index (χ1) is 7.09. The molecule has 0 aliphatic carbocycles. The fraction of sp³-hybridized carbons (Fsp3) is 0.400. The molecule has 15 heavy (non-hydrogen) atoms. The van der Waals surface area contributed by atoms with Crippen LogP contribution in [0.1, 0.15) is 18.5 Å². The van der Waals surface area contributed by atoms with Crippen LogP contribution in [-0.2, 0) is 0 Å². The van der Waals surface area contributed by atoms with Crippen LogP contribution in [0.25, 0.3) is 0 Å². The first-order valence-electron chi connectivity index (χ1n) is 4.62. The summed E-state index contributed by atoms with van der Waals surface area (Å²) in [6.45, 7) is 1.89. The van der Waals surface area contributed by atoms with E-state index < -0.39 is 12.1 Å². The van der Waals surface area contributed by atoms with Gasteiger partial charge in [0.2, 0.25) is 6.79 Å². The summed E-state index contributed by atoms with van der Waals surface area (Å²) in [4.78, 5) is 0. The van der Waals surface area contributed by atoms with Gasteiger partial charge in [-0.3, -0.25) is 0 Å². The molecule has 0 aromatic heterocycles. The number of aliphatic hydroxyl groups excluding tert-OH is 1. The van der Waals surface area contributed by atoms with Gasteiger partial charge >= 0.3 is 0 Å². The number of hydrogen-bond acceptors (Lipinski definition) is 4. The van der Waals surface area contributed by atoms with Crippen LogP contribution >= 0.6 is 15.9 Å². The molecule has 1 aromatic carbocycles. The standard InChI is InChI=1S/C10H12BrNO3/c1-5(13)10(12)6-2-8-9(3-7(6)11)15-4-14-8/h2-3,5,10,13H,4,12H2,1H3/t5-,10-/m1/s1. The van der Waals surface area contributed by atoms with Gasteiger partial charge in [-0.15, -0.1) is 0 Å². The van der Waals surface area contributed by atoms with Gasteiger partial charge in [-0.2, -0.15) is 0 Å². The summed E-state index contributed by atoms with van der Waals surface area (Å²) in [7, 11) is 0. The smallest absolute Gasteiger partial charge is 0.231 e. The summed E-state index contributed by atoms with van der Waals surface area (Å²) >= 11 is 3.39. The lowest BCUT2D eigenvalue weighted by Crippen LogP contribution is -2.23. The van der Waals surface area contributed by atoms with E-state index in [-0.39, 0.29) is 6.79 Å². The average Bonchev–Trinajstić information content (AvgIpc) is 2.62. The quantitative estimate of drug-likeness (QED) is 0.859. The van der Waals surface area contributed by atoms with Crippen LogP contribution in [0, 0.1) is 0 Å². The number of hydrogen-bond donors (Lipinski definition) is 2. The van der Waals surface area contributed by atoms with E-state index in [0.717, 1.165) is 10.0 Å². The highest BCUT2D eigenvalue weighted by atomic mass is 79.9. The average molecular weight is 274 g/mol. The molecule has 2 atom stereocenters. The lowest BCUT2D eigenvalue weighted by atomic mass is 10.0. The summed E-state index contributed by atoms with van der Waals surface area (Å²) < 4.78 is 11.3. The Morgan fingerprint density at radius 1 is 1.40 bits per heavy atom. The highest BCUT2D eigenvalue weighted by Gasteiger charge is 2.21. The number of nitrogens with two attached hydrogens (primary N) is 1. The molecule has 1 aliphatic heterocycles. The van der Waals surface area contributed by atoms with Gasteiger partial charge in [-0.1, -0.05) is 15.9 Å². The van der Waals surface area contributed by atoms with Gasteiger partial charge in [-0.05, 0) is 24.6 Å². The minimum absolute atomic E-state index is 0.231. The number of benzene rings is 1. The van der Waals surface area contributed by atoms with E-state index in [1.807, 2.05) is 0 Å². The Bertz CT molecular complexity index is 381. The van der Waals surface area contributed by atoms with Crippen LogP contribution in [0.5, 0.6) is 11.5 Å². The van der Waals surface area contributed by atoms with Crippen LogP contribution in [0.3, 0.4) is 0 Å². The largest absolute Gasteiger partial charge is 0.454 e. The van der Waals surface area contributed by atoms with Crippen molar-refractivity contribution in [2.75, 3.05) is 6.79 Å². The Morgan fingerprint density at radius 2 is 2.00 bits per heavy atom. The molecule has 0 unspecified atom stereocenters. The maximum Gasteiger partial charge on any atom is 0.231 e. The molecule has 0 amide bonds. The molecule has 0 radical (unpaired) electrons. The third kappa shape index (κ3) is 1.95. The molecule has 4 nitrogen and oxygen atoms in total. The molecule has 1 aliphatic rings. The van der Waals surface area contributed by atoms with Crippen molar-refractivity contribution in [3.8, 4) is 11.5 Å². The van der Waals surface area contributed by atoms with E-state index >= 15 is 0 Å². The SMILES string of the molecule is C[C@@H](O)[C@@H](N)c1cc2c(cc1Br)OCO2. The predicted octanol–water partition coefficient (Wildman–Crippen LogP) is 1.56. The van der Waals surface area contributed by atoms with Gasteiger partial charge in [0.15, 0.2) is 11.5 Å². The first kappa shape index (κ1) is 10.7. The third-order valence-electron chi connectivity index (χ3n) is 2.37. The molecule has 0 saturated carbocycles. The second-order valence-corrected chi connectivity index (χ2v) is 4.35. The second kappa shape index (κ2) is 4.00. The topological polar surface area (TPSA) is 64.7 Å². The van der Waals surface area contributed by atoms with E-state index in [2.05, 4.69) is 15.9 Å². The lowest BCUT2D eigenvalue weighted by molar-refractivity contribution is 0.163. The van der Waals surface area contributed by atoms with Crippen molar-refractivity contribution in [1.29, 1.82) is 0 Å². The number of fused-ring (bicyclic) bond motifs is 1. The summed E-state index contributed by atoms with van der Waals surface area (Å²) in [5.74, 6) is 1.37. The lowest BCUT2D eigenvalue weighted by Gasteiger charge is -2.17. The van der Waals surface area contributed by atoms with Crippen molar-refractivity contribution in [3.05, 3.63) is 22.2 Å². The Kier molecular flexibility index (Phi) is 2.86. The van der Waals surface area contributed by atoms with Crippen LogP contribution < -0.4 is 15.2 Å². The van der Waals surface area contributed by atoms with Gasteiger partial charge in [0.25, 0.3) is 0 Å². The zero-order chi connectivity index (χ0) is 11.0. The van der Waals surface area contributed by atoms with E-state index in [4.69, 9.17) is 15.2 Å². The highest BCUT2D eigenvalue weighted by Crippen LogP contribution is 2.39. The number of aliphatic hydroxyl groups is 1. The number of rotatable bonds is 2. The van der Waals surface area contributed by atoms with Crippen molar-refractivity contribution < 1.29 is 14.6 Å². The third-order valence-corrected chi connectivity index (χ3v) is 3.06. The number of halogens is 1. The molecule has 0 fully saturated rings. The molecule has 82 valence electrons. The minimum atomic E-state index is -0.610. The summed E-state index contributed by atoms with van der Waals surface area (Å²) in [5, 5.41) is 9.43. The molecular formula is C10H12BrNO3. The van der Waals surface area contributed by atoms with E-state index in [1.54, 1.807) is 19.1 Å². The van der Waals surface area contributed by atoms with Crippen molar-refractivity contribution in [1.82, 2.24) is 0 Å². The summed E-state index contributed by atoms with van der Waals surface area (Å²) in [6.07, 6.45) is -0.610. The van der Waals surface area contributed by atoms with E-state index in [1.165, 1.54) is 0 Å². The molecule has 1 heterocycles. The zero-order valence-corrected chi connectivity index (χ0v) is 9.82. The fourth-order valence-corrected chi connectivity index (χ4v) is 2.03. The van der Waals surface area contributed by atoms with Crippen LogP contribution in [0.2, 0.25) is 0 Å². The normalized spacial score (nSPS) is 17.6. The maximum atomic E-state index is 9.43. The Labute approximate surface area is 96.1 Å². The maximum absolute atomic E-state index is 9.43.